The van der Waals surface area contributed by atoms with Gasteiger partial charge in [0.15, 0.2) is 11.5 Å². The number of methoxy groups -OCH3 is 2. The van der Waals surface area contributed by atoms with Crippen molar-refractivity contribution in [2.24, 2.45) is 0 Å². The molecule has 0 spiro atoms. The van der Waals surface area contributed by atoms with E-state index in [-0.39, 0.29) is 0 Å². The second-order valence-corrected chi connectivity index (χ2v) is 5.22. The molecule has 0 saturated heterocycles. The molecule has 1 heterocycles. The van der Waals surface area contributed by atoms with E-state index >= 15 is 0 Å². The van der Waals surface area contributed by atoms with Gasteiger partial charge in [-0.05, 0) is 36.4 Å². The summed E-state index contributed by atoms with van der Waals surface area (Å²) in [7, 11) is 3.14. The number of hydrogen-bond donors (Lipinski definition) is 0. The van der Waals surface area contributed by atoms with Crippen LogP contribution in [-0.2, 0) is 4.79 Å². The molecule has 25 heavy (non-hydrogen) atoms. The smallest absolute Gasteiger partial charge is 0.336 e. The van der Waals surface area contributed by atoms with Crippen LogP contribution >= 0.6 is 0 Å². The van der Waals surface area contributed by atoms with E-state index in [1.54, 1.807) is 63.6 Å². The van der Waals surface area contributed by atoms with E-state index < -0.39 is 5.97 Å². The summed E-state index contributed by atoms with van der Waals surface area (Å²) in [6.07, 6.45) is 2.94. The summed E-state index contributed by atoms with van der Waals surface area (Å²) in [4.78, 5) is 16.3. The Hall–Kier alpha value is -3.28. The fourth-order valence-electron chi connectivity index (χ4n) is 2.36. The first-order chi connectivity index (χ1) is 12.1. The number of nitrogens with zero attached hydrogens (tertiary/aromatic N) is 1. The SMILES string of the molecule is COc1ccc(OC)c(/C=C/C(=O)Oc2ccc3oc(C)nc3c2)c1. The predicted octanol–water partition coefficient (Wildman–Crippen LogP) is 3.77. The predicted molar refractivity (Wildman–Crippen MR) is 93.0 cm³/mol. The molecule has 1 aromatic heterocycles. The van der Waals surface area contributed by atoms with Crippen molar-refractivity contribution in [1.29, 1.82) is 0 Å². The van der Waals surface area contributed by atoms with Gasteiger partial charge in [0, 0.05) is 24.6 Å². The Bertz CT molecular complexity index is 942. The second-order valence-electron chi connectivity index (χ2n) is 5.22. The molecule has 128 valence electrons. The Labute approximate surface area is 144 Å². The summed E-state index contributed by atoms with van der Waals surface area (Å²) in [5.41, 5.74) is 2.00. The average molecular weight is 339 g/mol. The molecule has 0 atom stereocenters. The van der Waals surface area contributed by atoms with Crippen molar-refractivity contribution in [3.05, 3.63) is 53.9 Å². The lowest BCUT2D eigenvalue weighted by Gasteiger charge is -2.07. The zero-order valence-corrected chi connectivity index (χ0v) is 14.1. The van der Waals surface area contributed by atoms with Crippen molar-refractivity contribution >= 4 is 23.1 Å². The van der Waals surface area contributed by atoms with Gasteiger partial charge in [0.2, 0.25) is 0 Å². The first-order valence-corrected chi connectivity index (χ1v) is 7.58. The van der Waals surface area contributed by atoms with Crippen LogP contribution in [0.4, 0.5) is 0 Å². The Morgan fingerprint density at radius 1 is 1.08 bits per heavy atom. The van der Waals surface area contributed by atoms with Gasteiger partial charge in [-0.15, -0.1) is 0 Å². The van der Waals surface area contributed by atoms with Gasteiger partial charge in [-0.3, -0.25) is 0 Å². The minimum atomic E-state index is -0.510. The molecule has 3 aromatic rings. The molecule has 0 aliphatic rings. The third kappa shape index (κ3) is 3.80. The highest BCUT2D eigenvalue weighted by Crippen LogP contribution is 2.25. The van der Waals surface area contributed by atoms with Gasteiger partial charge < -0.3 is 18.6 Å². The zero-order valence-electron chi connectivity index (χ0n) is 14.1. The molecule has 6 heteroatoms. The highest BCUT2D eigenvalue weighted by Gasteiger charge is 2.07. The highest BCUT2D eigenvalue weighted by molar-refractivity contribution is 5.89. The van der Waals surface area contributed by atoms with E-state index in [1.807, 2.05) is 0 Å². The molecule has 0 aliphatic carbocycles. The highest BCUT2D eigenvalue weighted by atomic mass is 16.5. The molecule has 0 saturated carbocycles. The molecule has 0 aliphatic heterocycles. The molecular formula is C19H17NO5. The van der Waals surface area contributed by atoms with Gasteiger partial charge in [0.1, 0.15) is 22.8 Å². The Kier molecular flexibility index (Phi) is 4.70. The number of rotatable bonds is 5. The van der Waals surface area contributed by atoms with Crippen LogP contribution in [0.15, 0.2) is 46.9 Å². The van der Waals surface area contributed by atoms with Crippen LogP contribution in [0.3, 0.4) is 0 Å². The minimum absolute atomic E-state index is 0.396. The molecule has 0 N–H and O–H groups in total. The van der Waals surface area contributed by atoms with Gasteiger partial charge in [0.25, 0.3) is 0 Å². The van der Waals surface area contributed by atoms with Crippen LogP contribution < -0.4 is 14.2 Å². The normalized spacial score (nSPS) is 11.0. The topological polar surface area (TPSA) is 70.8 Å². The number of benzene rings is 2. The molecular weight excluding hydrogens is 322 g/mol. The van der Waals surface area contributed by atoms with Crippen LogP contribution in [0.5, 0.6) is 17.2 Å². The van der Waals surface area contributed by atoms with E-state index in [9.17, 15) is 4.79 Å². The lowest BCUT2D eigenvalue weighted by Crippen LogP contribution is -2.03. The van der Waals surface area contributed by atoms with E-state index in [4.69, 9.17) is 18.6 Å². The lowest BCUT2D eigenvalue weighted by atomic mass is 10.1. The molecule has 0 amide bonds. The number of aryl methyl sites for hydroxylation is 1. The van der Waals surface area contributed by atoms with E-state index in [0.717, 1.165) is 0 Å². The van der Waals surface area contributed by atoms with Gasteiger partial charge in [-0.1, -0.05) is 0 Å². The second kappa shape index (κ2) is 7.09. The fraction of sp³-hybridized carbons (Fsp3) is 0.158. The fourth-order valence-corrected chi connectivity index (χ4v) is 2.36. The number of esters is 1. The molecule has 0 bridgehead atoms. The summed E-state index contributed by atoms with van der Waals surface area (Å²) in [5.74, 6) is 1.74. The third-order valence-corrected chi connectivity index (χ3v) is 3.52. The maximum absolute atomic E-state index is 12.1. The first kappa shape index (κ1) is 16.6. The zero-order chi connectivity index (χ0) is 17.8. The van der Waals surface area contributed by atoms with Crippen molar-refractivity contribution < 1.29 is 23.4 Å². The van der Waals surface area contributed by atoms with Crippen LogP contribution in [0, 0.1) is 6.92 Å². The van der Waals surface area contributed by atoms with Crippen molar-refractivity contribution in [2.45, 2.75) is 6.92 Å². The van der Waals surface area contributed by atoms with Crippen molar-refractivity contribution in [3.8, 4) is 17.2 Å². The average Bonchev–Trinajstić information content (AvgIpc) is 2.99. The summed E-state index contributed by atoms with van der Waals surface area (Å²) in [6, 6.07) is 10.3. The summed E-state index contributed by atoms with van der Waals surface area (Å²) in [5, 5.41) is 0. The van der Waals surface area contributed by atoms with Crippen LogP contribution in [0.1, 0.15) is 11.5 Å². The summed E-state index contributed by atoms with van der Waals surface area (Å²) < 4.78 is 21.1. The van der Waals surface area contributed by atoms with Crippen LogP contribution in [-0.4, -0.2) is 25.2 Å². The minimum Gasteiger partial charge on any atom is -0.497 e. The van der Waals surface area contributed by atoms with Crippen LogP contribution in [0.25, 0.3) is 17.2 Å². The molecule has 3 rings (SSSR count). The number of carbonyl (C=O) groups excluding carboxylic acids is 1. The third-order valence-electron chi connectivity index (χ3n) is 3.52. The molecule has 6 nitrogen and oxygen atoms in total. The number of ether oxygens (including phenoxy) is 3. The van der Waals surface area contributed by atoms with Gasteiger partial charge >= 0.3 is 5.97 Å². The van der Waals surface area contributed by atoms with Crippen molar-refractivity contribution in [2.75, 3.05) is 14.2 Å². The van der Waals surface area contributed by atoms with Gasteiger partial charge in [0.05, 0.1) is 14.2 Å². The van der Waals surface area contributed by atoms with E-state index in [2.05, 4.69) is 4.98 Å². The maximum atomic E-state index is 12.1. The summed E-state index contributed by atoms with van der Waals surface area (Å²) >= 11 is 0. The monoisotopic (exact) mass is 339 g/mol. The van der Waals surface area contributed by atoms with Gasteiger partial charge in [-0.2, -0.15) is 0 Å². The van der Waals surface area contributed by atoms with Crippen molar-refractivity contribution in [1.82, 2.24) is 4.98 Å². The summed E-state index contributed by atoms with van der Waals surface area (Å²) in [6.45, 7) is 1.76. The number of carbonyl (C=O) groups is 1. The number of aromatic nitrogens is 1. The van der Waals surface area contributed by atoms with Gasteiger partial charge in [-0.25, -0.2) is 9.78 Å². The van der Waals surface area contributed by atoms with E-state index in [1.165, 1.54) is 6.08 Å². The standard InChI is InChI=1S/C19H17NO5/c1-12-20-16-11-15(6-8-18(16)24-12)25-19(21)9-4-13-10-14(22-2)5-7-17(13)23-3/h4-11H,1-3H3/b9-4+. The molecule has 2 aromatic carbocycles. The Balaban J connectivity index is 1.75. The molecule has 0 radical (unpaired) electrons. The lowest BCUT2D eigenvalue weighted by molar-refractivity contribution is -0.128. The first-order valence-electron chi connectivity index (χ1n) is 7.58. The van der Waals surface area contributed by atoms with Crippen LogP contribution in [0.2, 0.25) is 0 Å². The molecule has 0 fully saturated rings. The number of oxazole rings is 1. The molecule has 0 unspecified atom stereocenters. The quantitative estimate of drug-likeness (QED) is 0.400. The maximum Gasteiger partial charge on any atom is 0.336 e. The Morgan fingerprint density at radius 3 is 2.64 bits per heavy atom. The Morgan fingerprint density at radius 2 is 1.88 bits per heavy atom. The van der Waals surface area contributed by atoms with Crippen molar-refractivity contribution in [3.63, 3.8) is 0 Å². The van der Waals surface area contributed by atoms with E-state index in [0.29, 0.717) is 39.8 Å². The number of hydrogen-bond acceptors (Lipinski definition) is 6. The number of fused-ring (bicyclic) bond motifs is 1. The largest absolute Gasteiger partial charge is 0.497 e.